The van der Waals surface area contributed by atoms with E-state index in [0.29, 0.717) is 11.4 Å². The summed E-state index contributed by atoms with van der Waals surface area (Å²) >= 11 is 5.83. The summed E-state index contributed by atoms with van der Waals surface area (Å²) < 4.78 is 36.0. The lowest BCUT2D eigenvalue weighted by Crippen LogP contribution is -2.14. The molecular weight excluding hydrogens is 251 g/mol. The molecule has 0 aliphatic rings. The Morgan fingerprint density at radius 3 is 2.59 bits per heavy atom. The molecular formula is C12H15ClF3N. The Bertz CT molecular complexity index is 377. The van der Waals surface area contributed by atoms with Crippen LogP contribution in [0.15, 0.2) is 18.2 Å². The predicted molar refractivity (Wildman–Crippen MR) is 63.0 cm³/mol. The largest absolute Gasteiger partial charge is 0.389 e. The van der Waals surface area contributed by atoms with Crippen molar-refractivity contribution in [2.75, 3.05) is 0 Å². The highest BCUT2D eigenvalue weighted by molar-refractivity contribution is 6.30. The Balaban J connectivity index is 2.58. The molecule has 1 rings (SSSR count). The van der Waals surface area contributed by atoms with Crippen molar-refractivity contribution >= 4 is 11.6 Å². The minimum atomic E-state index is -4.11. The lowest BCUT2D eigenvalue weighted by molar-refractivity contribution is -0.135. The highest BCUT2D eigenvalue weighted by atomic mass is 35.5. The van der Waals surface area contributed by atoms with Crippen molar-refractivity contribution in [3.63, 3.8) is 0 Å². The van der Waals surface area contributed by atoms with E-state index >= 15 is 0 Å². The number of aryl methyl sites for hydroxylation is 1. The van der Waals surface area contributed by atoms with Gasteiger partial charge in [-0.2, -0.15) is 13.2 Å². The van der Waals surface area contributed by atoms with Gasteiger partial charge in [0.2, 0.25) is 0 Å². The van der Waals surface area contributed by atoms with Crippen LogP contribution in [-0.4, -0.2) is 6.18 Å². The van der Waals surface area contributed by atoms with Crippen LogP contribution in [0.1, 0.15) is 36.4 Å². The molecule has 0 bridgehead atoms. The van der Waals surface area contributed by atoms with Gasteiger partial charge in [0, 0.05) is 17.5 Å². The molecule has 1 aromatic carbocycles. The van der Waals surface area contributed by atoms with Crippen LogP contribution < -0.4 is 5.73 Å². The molecule has 0 aliphatic carbocycles. The minimum Gasteiger partial charge on any atom is -0.324 e. The maximum Gasteiger partial charge on any atom is 0.389 e. The monoisotopic (exact) mass is 265 g/mol. The molecule has 0 radical (unpaired) electrons. The van der Waals surface area contributed by atoms with Gasteiger partial charge in [-0.25, -0.2) is 0 Å². The first-order valence-corrected chi connectivity index (χ1v) is 5.76. The van der Waals surface area contributed by atoms with Gasteiger partial charge in [-0.3, -0.25) is 0 Å². The molecule has 1 nitrogen and oxygen atoms in total. The third-order valence-electron chi connectivity index (χ3n) is 2.62. The van der Waals surface area contributed by atoms with Gasteiger partial charge in [-0.1, -0.05) is 17.7 Å². The number of benzene rings is 1. The second-order valence-corrected chi connectivity index (χ2v) is 4.55. The summed E-state index contributed by atoms with van der Waals surface area (Å²) in [6, 6.07) is 4.88. The van der Waals surface area contributed by atoms with Crippen LogP contribution in [0, 0.1) is 6.92 Å². The maximum atomic E-state index is 12.0. The average molecular weight is 266 g/mol. The molecule has 2 N–H and O–H groups in total. The predicted octanol–water partition coefficient (Wildman–Crippen LogP) is 4.38. The fraction of sp³-hybridized carbons (Fsp3) is 0.500. The van der Waals surface area contributed by atoms with E-state index in [1.165, 1.54) is 0 Å². The standard InChI is InChI=1S/C12H15ClF3N/c1-8-4-5-9(13)7-10(8)11(17)3-2-6-12(14,15)16/h4-5,7,11H,2-3,6,17H2,1H3. The van der Waals surface area contributed by atoms with E-state index < -0.39 is 18.6 Å². The summed E-state index contributed by atoms with van der Waals surface area (Å²) in [5.74, 6) is 0. The normalized spacial score (nSPS) is 13.8. The topological polar surface area (TPSA) is 26.0 Å². The van der Waals surface area contributed by atoms with E-state index in [9.17, 15) is 13.2 Å². The van der Waals surface area contributed by atoms with E-state index in [0.717, 1.165) is 11.1 Å². The molecule has 0 amide bonds. The zero-order valence-electron chi connectivity index (χ0n) is 9.52. The number of rotatable bonds is 4. The van der Waals surface area contributed by atoms with Crippen LogP contribution in [0.4, 0.5) is 13.2 Å². The molecule has 1 unspecified atom stereocenters. The van der Waals surface area contributed by atoms with Gasteiger partial charge in [0.15, 0.2) is 0 Å². The summed E-state index contributed by atoms with van der Waals surface area (Å²) in [4.78, 5) is 0. The summed E-state index contributed by atoms with van der Waals surface area (Å²) in [7, 11) is 0. The van der Waals surface area contributed by atoms with Gasteiger partial charge in [0.05, 0.1) is 0 Å². The Labute approximate surface area is 104 Å². The number of alkyl halides is 3. The number of hydrogen-bond acceptors (Lipinski definition) is 1. The maximum absolute atomic E-state index is 12.0. The van der Waals surface area contributed by atoms with Crippen LogP contribution in [0.5, 0.6) is 0 Å². The van der Waals surface area contributed by atoms with Crippen molar-refractivity contribution < 1.29 is 13.2 Å². The minimum absolute atomic E-state index is 0.0383. The zero-order valence-corrected chi connectivity index (χ0v) is 10.3. The Hall–Kier alpha value is -0.740. The summed E-state index contributed by atoms with van der Waals surface area (Å²) in [6.07, 6.45) is -4.55. The molecule has 0 saturated heterocycles. The highest BCUT2D eigenvalue weighted by Gasteiger charge is 2.26. The molecule has 0 saturated carbocycles. The smallest absolute Gasteiger partial charge is 0.324 e. The van der Waals surface area contributed by atoms with Crippen LogP contribution >= 0.6 is 11.6 Å². The van der Waals surface area contributed by atoms with E-state index in [4.69, 9.17) is 17.3 Å². The van der Waals surface area contributed by atoms with Crippen LogP contribution in [0.2, 0.25) is 5.02 Å². The summed E-state index contributed by atoms with van der Waals surface area (Å²) in [5, 5.41) is 0.553. The molecule has 0 aliphatic heterocycles. The molecule has 0 spiro atoms. The van der Waals surface area contributed by atoms with Crippen LogP contribution in [0.25, 0.3) is 0 Å². The Kier molecular flexibility index (Phi) is 4.83. The first-order valence-electron chi connectivity index (χ1n) is 5.38. The van der Waals surface area contributed by atoms with Crippen molar-refractivity contribution in [2.24, 2.45) is 5.73 Å². The second kappa shape index (κ2) is 5.74. The van der Waals surface area contributed by atoms with Gasteiger partial charge < -0.3 is 5.73 Å². The van der Waals surface area contributed by atoms with E-state index in [1.54, 1.807) is 12.1 Å². The van der Waals surface area contributed by atoms with Crippen molar-refractivity contribution in [1.29, 1.82) is 0 Å². The SMILES string of the molecule is Cc1ccc(Cl)cc1C(N)CCCC(F)(F)F. The Morgan fingerprint density at radius 1 is 1.35 bits per heavy atom. The number of hydrogen-bond donors (Lipinski definition) is 1. The van der Waals surface area contributed by atoms with Crippen molar-refractivity contribution in [3.8, 4) is 0 Å². The van der Waals surface area contributed by atoms with Crippen LogP contribution in [0.3, 0.4) is 0 Å². The van der Waals surface area contributed by atoms with E-state index in [2.05, 4.69) is 0 Å². The van der Waals surface area contributed by atoms with E-state index in [1.807, 2.05) is 13.0 Å². The average Bonchev–Trinajstić information content (AvgIpc) is 2.19. The van der Waals surface area contributed by atoms with Gasteiger partial charge in [-0.05, 0) is 43.0 Å². The molecule has 5 heteroatoms. The molecule has 17 heavy (non-hydrogen) atoms. The number of halogens is 4. The first-order chi connectivity index (χ1) is 7.79. The van der Waals surface area contributed by atoms with Gasteiger partial charge >= 0.3 is 6.18 Å². The Morgan fingerprint density at radius 2 is 2.00 bits per heavy atom. The van der Waals surface area contributed by atoms with Crippen LogP contribution in [-0.2, 0) is 0 Å². The summed E-state index contributed by atoms with van der Waals surface area (Å²) in [5.41, 5.74) is 7.64. The van der Waals surface area contributed by atoms with Crippen molar-refractivity contribution in [3.05, 3.63) is 34.3 Å². The highest BCUT2D eigenvalue weighted by Crippen LogP contribution is 2.27. The summed E-state index contributed by atoms with van der Waals surface area (Å²) in [6.45, 7) is 1.87. The lowest BCUT2D eigenvalue weighted by atomic mass is 9.97. The van der Waals surface area contributed by atoms with Crippen molar-refractivity contribution in [2.45, 2.75) is 38.4 Å². The molecule has 0 fully saturated rings. The third-order valence-corrected chi connectivity index (χ3v) is 2.85. The van der Waals surface area contributed by atoms with Gasteiger partial charge in [0.1, 0.15) is 0 Å². The fourth-order valence-electron chi connectivity index (χ4n) is 1.69. The zero-order chi connectivity index (χ0) is 13.1. The van der Waals surface area contributed by atoms with E-state index in [-0.39, 0.29) is 6.42 Å². The lowest BCUT2D eigenvalue weighted by Gasteiger charge is -2.15. The second-order valence-electron chi connectivity index (χ2n) is 4.11. The first kappa shape index (κ1) is 14.3. The molecule has 96 valence electrons. The molecule has 0 heterocycles. The van der Waals surface area contributed by atoms with Crippen molar-refractivity contribution in [1.82, 2.24) is 0 Å². The quantitative estimate of drug-likeness (QED) is 0.859. The third kappa shape index (κ3) is 4.96. The number of nitrogens with two attached hydrogens (primary N) is 1. The molecule has 1 aromatic rings. The van der Waals surface area contributed by atoms with Gasteiger partial charge in [-0.15, -0.1) is 0 Å². The molecule has 1 atom stereocenters. The molecule has 0 aromatic heterocycles. The fourth-order valence-corrected chi connectivity index (χ4v) is 1.87. The van der Waals surface area contributed by atoms with Gasteiger partial charge in [0.25, 0.3) is 0 Å².